The molecule has 16 nitrogen and oxygen atoms in total. The van der Waals surface area contributed by atoms with Crippen LogP contribution in [-0.2, 0) is 61.9 Å². The summed E-state index contributed by atoms with van der Waals surface area (Å²) in [5, 5.41) is 32.7. The molecule has 0 aromatic heterocycles. The number of hydrogen-bond acceptors (Lipinski definition) is 16. The summed E-state index contributed by atoms with van der Waals surface area (Å²) in [6.45, 7) is 7.43. The monoisotopic (exact) mass is 696 g/mol. The third kappa shape index (κ3) is 6.96. The first-order valence-electron chi connectivity index (χ1n) is 15.9. The van der Waals surface area contributed by atoms with Gasteiger partial charge in [-0.15, -0.1) is 0 Å². The van der Waals surface area contributed by atoms with Gasteiger partial charge in [0.25, 0.3) is 0 Å². The molecule has 0 bridgehead atoms. The fourth-order valence-corrected chi connectivity index (χ4v) is 7.46. The van der Waals surface area contributed by atoms with Gasteiger partial charge in [-0.2, -0.15) is 0 Å². The van der Waals surface area contributed by atoms with E-state index in [2.05, 4.69) is 0 Å². The summed E-state index contributed by atoms with van der Waals surface area (Å²) in [5.41, 5.74) is -6.14. The van der Waals surface area contributed by atoms with Gasteiger partial charge in [0.05, 0.1) is 24.5 Å². The van der Waals surface area contributed by atoms with Crippen molar-refractivity contribution >= 4 is 35.8 Å². The zero-order valence-corrected chi connectivity index (χ0v) is 28.4. The molecule has 0 aromatic carbocycles. The molecule has 3 fully saturated rings. The summed E-state index contributed by atoms with van der Waals surface area (Å²) in [6.07, 6.45) is -6.12. The number of aliphatic hydroxyl groups is 3. The Morgan fingerprint density at radius 3 is 2.02 bits per heavy atom. The molecule has 2 aliphatic carbocycles. The predicted octanol–water partition coefficient (Wildman–Crippen LogP) is -0.170. The lowest BCUT2D eigenvalue weighted by molar-refractivity contribution is -0.279. The Morgan fingerprint density at radius 2 is 1.51 bits per heavy atom. The SMILES string of the molecule is CC(=O)O[C@H]1[C@@H](OC(=O)CC(C)C)[C@]2(CO2)[C@@H]2[C@H](OC(C)=O)[C@@]3(O)[C@H](/C=C(CO)\C=C/[C@H](OC(=O)CO)[C@@]2(C)[C@H]1OC(C)=O)OC(=O)[C@@H]3C. The Kier molecular flexibility index (Phi) is 11.0. The largest absolute Gasteiger partial charge is 0.459 e. The molecule has 4 rings (SSSR count). The van der Waals surface area contributed by atoms with Crippen LogP contribution in [0.1, 0.15) is 54.9 Å². The maximum Gasteiger partial charge on any atom is 0.332 e. The molecule has 272 valence electrons. The van der Waals surface area contributed by atoms with Crippen molar-refractivity contribution in [2.24, 2.45) is 23.2 Å². The van der Waals surface area contributed by atoms with E-state index >= 15 is 0 Å². The zero-order valence-electron chi connectivity index (χ0n) is 28.4. The summed E-state index contributed by atoms with van der Waals surface area (Å²) >= 11 is 0. The van der Waals surface area contributed by atoms with Crippen LogP contribution in [0.2, 0.25) is 0 Å². The number of rotatable bonds is 9. The lowest BCUT2D eigenvalue weighted by Gasteiger charge is -2.59. The first kappa shape index (κ1) is 38.0. The van der Waals surface area contributed by atoms with Gasteiger partial charge in [-0.05, 0) is 30.6 Å². The minimum Gasteiger partial charge on any atom is -0.459 e. The van der Waals surface area contributed by atoms with Crippen molar-refractivity contribution in [1.82, 2.24) is 0 Å². The molecule has 2 heterocycles. The molecular formula is C33H44O16. The molecule has 0 radical (unpaired) electrons. The van der Waals surface area contributed by atoms with Crippen LogP contribution in [0.4, 0.5) is 0 Å². The molecule has 2 saturated heterocycles. The molecule has 3 N–H and O–H groups in total. The Labute approximate surface area is 282 Å². The van der Waals surface area contributed by atoms with E-state index in [9.17, 15) is 44.1 Å². The van der Waals surface area contributed by atoms with Crippen molar-refractivity contribution in [2.45, 2.75) is 103 Å². The summed E-state index contributed by atoms with van der Waals surface area (Å²) in [4.78, 5) is 77.8. The van der Waals surface area contributed by atoms with Crippen LogP contribution in [0.3, 0.4) is 0 Å². The van der Waals surface area contributed by atoms with Crippen LogP contribution in [0.15, 0.2) is 23.8 Å². The standard InChI is InChI=1S/C33H44O16/c1-15(2)10-23(39)49-28-25(44-17(4)36)27(45-18(5)37)31(7)21(47-24(40)13-35)9-8-20(12-34)11-22-33(42,16(3)30(41)48-22)29(46-19(6)38)26(31)32(28)14-43-32/h8-9,11,15-16,21-22,25-29,34-35,42H,10,12-14H2,1-7H3/b9-8-,20-11+/t16-,21-,22-,25+,26+,27-,28+,29-,31+,32-,33-/m0/s1. The van der Waals surface area contributed by atoms with Crippen molar-refractivity contribution in [3.05, 3.63) is 23.8 Å². The van der Waals surface area contributed by atoms with Gasteiger partial charge in [-0.3, -0.25) is 24.0 Å². The Morgan fingerprint density at radius 1 is 0.918 bits per heavy atom. The van der Waals surface area contributed by atoms with Gasteiger partial charge in [0.15, 0.2) is 30.0 Å². The number of carbonyl (C=O) groups excluding carboxylic acids is 6. The van der Waals surface area contributed by atoms with Crippen molar-refractivity contribution in [2.75, 3.05) is 19.8 Å². The van der Waals surface area contributed by atoms with E-state index in [0.29, 0.717) is 0 Å². The number of aliphatic hydroxyl groups excluding tert-OH is 2. The van der Waals surface area contributed by atoms with Crippen LogP contribution in [-0.4, -0.2) is 119 Å². The van der Waals surface area contributed by atoms with E-state index in [1.807, 2.05) is 0 Å². The fraction of sp³-hybridized carbons (Fsp3) is 0.697. The average molecular weight is 697 g/mol. The molecule has 4 aliphatic rings. The molecular weight excluding hydrogens is 652 g/mol. The Bertz CT molecular complexity index is 1410. The second-order valence-electron chi connectivity index (χ2n) is 13.5. The highest BCUT2D eigenvalue weighted by molar-refractivity contribution is 5.78. The van der Waals surface area contributed by atoms with Crippen LogP contribution in [0.5, 0.6) is 0 Å². The van der Waals surface area contributed by atoms with Crippen LogP contribution >= 0.6 is 0 Å². The third-order valence-corrected chi connectivity index (χ3v) is 9.63. The molecule has 1 saturated carbocycles. The number of carbonyl (C=O) groups is 6. The Hall–Kier alpha value is -3.86. The first-order chi connectivity index (χ1) is 22.9. The third-order valence-electron chi connectivity index (χ3n) is 9.63. The van der Waals surface area contributed by atoms with Gasteiger partial charge in [0, 0.05) is 33.1 Å². The number of hydrogen-bond donors (Lipinski definition) is 3. The highest BCUT2D eigenvalue weighted by Crippen LogP contribution is 2.63. The highest BCUT2D eigenvalue weighted by Gasteiger charge is 2.81. The van der Waals surface area contributed by atoms with Crippen LogP contribution in [0, 0.1) is 23.2 Å². The Balaban J connectivity index is 2.15. The van der Waals surface area contributed by atoms with Crippen LogP contribution in [0.25, 0.3) is 0 Å². The lowest BCUT2D eigenvalue weighted by atomic mass is 9.51. The molecule has 11 atom stereocenters. The fourth-order valence-electron chi connectivity index (χ4n) is 7.46. The second kappa shape index (κ2) is 14.2. The van der Waals surface area contributed by atoms with E-state index in [4.69, 9.17) is 33.2 Å². The topological polar surface area (TPSA) is 231 Å². The minimum atomic E-state index is -2.44. The van der Waals surface area contributed by atoms with E-state index in [0.717, 1.165) is 20.8 Å². The maximum atomic E-state index is 13.3. The van der Waals surface area contributed by atoms with E-state index in [-0.39, 0.29) is 24.5 Å². The smallest absolute Gasteiger partial charge is 0.332 e. The van der Waals surface area contributed by atoms with Gasteiger partial charge < -0.3 is 48.5 Å². The molecule has 16 heteroatoms. The van der Waals surface area contributed by atoms with Crippen molar-refractivity contribution in [3.63, 3.8) is 0 Å². The quantitative estimate of drug-likeness (QED) is 0.161. The molecule has 49 heavy (non-hydrogen) atoms. The van der Waals surface area contributed by atoms with Gasteiger partial charge in [0.2, 0.25) is 0 Å². The maximum absolute atomic E-state index is 13.3. The van der Waals surface area contributed by atoms with Crippen molar-refractivity contribution in [3.8, 4) is 0 Å². The summed E-state index contributed by atoms with van der Waals surface area (Å²) < 4.78 is 40.9. The van der Waals surface area contributed by atoms with Gasteiger partial charge in [-0.25, -0.2) is 4.79 Å². The lowest BCUT2D eigenvalue weighted by Crippen LogP contribution is -2.76. The number of ether oxygens (including phenoxy) is 7. The van der Waals surface area contributed by atoms with E-state index in [1.54, 1.807) is 13.8 Å². The van der Waals surface area contributed by atoms with Crippen LogP contribution < -0.4 is 0 Å². The second-order valence-corrected chi connectivity index (χ2v) is 13.5. The summed E-state index contributed by atoms with van der Waals surface area (Å²) in [5.74, 6) is -8.62. The predicted molar refractivity (Wildman–Crippen MR) is 162 cm³/mol. The van der Waals surface area contributed by atoms with Crippen molar-refractivity contribution in [1.29, 1.82) is 0 Å². The van der Waals surface area contributed by atoms with Crippen molar-refractivity contribution < 1.29 is 77.2 Å². The molecule has 0 unspecified atom stereocenters. The van der Waals surface area contributed by atoms with Gasteiger partial charge in [-0.1, -0.05) is 26.8 Å². The number of esters is 6. The highest BCUT2D eigenvalue weighted by atomic mass is 16.7. The van der Waals surface area contributed by atoms with E-state index in [1.165, 1.54) is 32.1 Å². The number of epoxide rings is 1. The molecule has 1 spiro atoms. The first-order valence-corrected chi connectivity index (χ1v) is 15.9. The summed E-state index contributed by atoms with van der Waals surface area (Å²) in [6, 6.07) is 0. The molecule has 2 aliphatic heterocycles. The van der Waals surface area contributed by atoms with E-state index < -0.39 is 114 Å². The van der Waals surface area contributed by atoms with Gasteiger partial charge >= 0.3 is 35.8 Å². The summed E-state index contributed by atoms with van der Waals surface area (Å²) in [7, 11) is 0. The minimum absolute atomic E-state index is 0.0632. The average Bonchev–Trinajstić information content (AvgIpc) is 3.75. The normalized spacial score (nSPS) is 39.7. The number of fused-ring (bicyclic) bond motifs is 3. The van der Waals surface area contributed by atoms with Gasteiger partial charge in [0.1, 0.15) is 24.4 Å². The molecule has 0 aromatic rings. The zero-order chi connectivity index (χ0) is 36.6. The molecule has 0 amide bonds.